The van der Waals surface area contributed by atoms with E-state index in [1.807, 2.05) is 11.3 Å². The van der Waals surface area contributed by atoms with Gasteiger partial charge in [0.25, 0.3) is 0 Å². The lowest BCUT2D eigenvalue weighted by Gasteiger charge is -2.06. The molecular weight excluding hydrogens is 392 g/mol. The number of rotatable bonds is 2. The van der Waals surface area contributed by atoms with E-state index in [1.54, 1.807) is 11.3 Å². The lowest BCUT2D eigenvalue weighted by Crippen LogP contribution is -1.87. The normalized spacial score (nSPS) is 13.1. The molecule has 0 amide bonds. The fourth-order valence-corrected chi connectivity index (χ4v) is 5.48. The first kappa shape index (κ1) is 12.9. The predicted molar refractivity (Wildman–Crippen MR) is 89.4 cm³/mol. The molecule has 0 aliphatic heterocycles. The molecule has 2 aromatic heterocycles. The lowest BCUT2D eigenvalue weighted by molar-refractivity contribution is 1.26. The van der Waals surface area contributed by atoms with Crippen LogP contribution in [-0.2, 0) is 0 Å². The summed E-state index contributed by atoms with van der Waals surface area (Å²) in [5.41, 5.74) is 2.67. The Morgan fingerprint density at radius 2 is 2.00 bits per heavy atom. The van der Waals surface area contributed by atoms with E-state index in [4.69, 9.17) is 0 Å². The smallest absolute Gasteiger partial charge is 0.0752 e. The van der Waals surface area contributed by atoms with Crippen LogP contribution >= 0.6 is 54.5 Å². The van der Waals surface area contributed by atoms with E-state index in [0.29, 0.717) is 0 Å². The van der Waals surface area contributed by atoms with Crippen LogP contribution in [0.2, 0.25) is 0 Å². The van der Waals surface area contributed by atoms with E-state index in [-0.39, 0.29) is 4.83 Å². The van der Waals surface area contributed by atoms with Gasteiger partial charge in [-0.15, -0.1) is 22.7 Å². The summed E-state index contributed by atoms with van der Waals surface area (Å²) >= 11 is 11.1. The van der Waals surface area contributed by atoms with Crippen molar-refractivity contribution in [3.05, 3.63) is 55.5 Å². The molecular formula is C14H10Br2S2. The third kappa shape index (κ3) is 2.20. The highest BCUT2D eigenvalue weighted by atomic mass is 79.9. The summed E-state index contributed by atoms with van der Waals surface area (Å²) in [4.78, 5) is 1.63. The van der Waals surface area contributed by atoms with Crippen molar-refractivity contribution in [3.63, 3.8) is 0 Å². The van der Waals surface area contributed by atoms with Gasteiger partial charge in [-0.05, 0) is 56.9 Å². The molecule has 0 saturated heterocycles. The summed E-state index contributed by atoms with van der Waals surface area (Å²) in [5.74, 6) is 0. The molecule has 0 aliphatic carbocycles. The molecule has 0 bridgehead atoms. The number of halogens is 2. The fraction of sp³-hybridized carbons (Fsp3) is 0.143. The summed E-state index contributed by atoms with van der Waals surface area (Å²) in [6.45, 7) is 2.13. The van der Waals surface area contributed by atoms with Gasteiger partial charge in [0.05, 0.1) is 8.61 Å². The van der Waals surface area contributed by atoms with Gasteiger partial charge in [0.15, 0.2) is 0 Å². The van der Waals surface area contributed by atoms with Crippen LogP contribution in [0.4, 0.5) is 0 Å². The van der Waals surface area contributed by atoms with E-state index in [2.05, 4.69) is 74.5 Å². The third-order valence-electron chi connectivity index (χ3n) is 2.91. The molecule has 0 N–H and O–H groups in total. The Balaban J connectivity index is 2.09. The summed E-state index contributed by atoms with van der Waals surface area (Å²) in [7, 11) is 0. The molecule has 0 fully saturated rings. The van der Waals surface area contributed by atoms with Gasteiger partial charge in [0.1, 0.15) is 0 Å². The van der Waals surface area contributed by atoms with Crippen molar-refractivity contribution in [2.24, 2.45) is 0 Å². The number of fused-ring (bicyclic) bond motifs is 1. The molecule has 4 heteroatoms. The molecule has 3 aromatic rings. The quantitative estimate of drug-likeness (QED) is 0.429. The van der Waals surface area contributed by atoms with Crippen molar-refractivity contribution < 1.29 is 0 Å². The first-order valence-corrected chi connectivity index (χ1v) is 8.93. The minimum Gasteiger partial charge on any atom is -0.143 e. The van der Waals surface area contributed by atoms with Gasteiger partial charge in [-0.1, -0.05) is 34.1 Å². The summed E-state index contributed by atoms with van der Waals surface area (Å²) in [6, 6.07) is 10.8. The van der Waals surface area contributed by atoms with Crippen LogP contribution in [-0.4, -0.2) is 0 Å². The molecule has 92 valence electrons. The van der Waals surface area contributed by atoms with Gasteiger partial charge < -0.3 is 0 Å². The van der Waals surface area contributed by atoms with Crippen molar-refractivity contribution in [2.45, 2.75) is 11.8 Å². The summed E-state index contributed by atoms with van der Waals surface area (Å²) in [5, 5.41) is 3.61. The van der Waals surface area contributed by atoms with E-state index in [9.17, 15) is 0 Å². The molecule has 0 radical (unpaired) electrons. The molecule has 3 rings (SSSR count). The van der Waals surface area contributed by atoms with Crippen LogP contribution in [0, 0.1) is 6.92 Å². The highest BCUT2D eigenvalue weighted by Gasteiger charge is 2.17. The monoisotopic (exact) mass is 400 g/mol. The van der Waals surface area contributed by atoms with Crippen molar-refractivity contribution in [3.8, 4) is 0 Å². The Hall–Kier alpha value is -0.160. The first-order chi connectivity index (χ1) is 8.66. The zero-order valence-electron chi connectivity index (χ0n) is 9.61. The second-order valence-electron chi connectivity index (χ2n) is 4.16. The van der Waals surface area contributed by atoms with E-state index in [1.165, 1.54) is 29.9 Å². The highest BCUT2D eigenvalue weighted by Crippen LogP contribution is 2.42. The molecule has 1 aromatic carbocycles. The largest absolute Gasteiger partial charge is 0.143 e. The number of hydrogen-bond donors (Lipinski definition) is 0. The minimum absolute atomic E-state index is 0.281. The molecule has 1 unspecified atom stereocenters. The van der Waals surface area contributed by atoms with Gasteiger partial charge in [0, 0.05) is 9.58 Å². The summed E-state index contributed by atoms with van der Waals surface area (Å²) in [6.07, 6.45) is 0. The van der Waals surface area contributed by atoms with Crippen molar-refractivity contribution in [2.75, 3.05) is 0 Å². The van der Waals surface area contributed by atoms with Gasteiger partial charge in [-0.3, -0.25) is 0 Å². The molecule has 18 heavy (non-hydrogen) atoms. The Morgan fingerprint density at radius 1 is 1.22 bits per heavy atom. The lowest BCUT2D eigenvalue weighted by atomic mass is 10.1. The van der Waals surface area contributed by atoms with Crippen molar-refractivity contribution in [1.82, 2.24) is 0 Å². The zero-order valence-corrected chi connectivity index (χ0v) is 14.4. The molecule has 0 aliphatic rings. The standard InChI is InChI=1S/C14H10Br2S2/c1-8-6-12(18-14(8)16)13(15)10-7-17-11-5-3-2-4-9(10)11/h2-7,13H,1H3. The van der Waals surface area contributed by atoms with Crippen LogP contribution < -0.4 is 0 Å². The SMILES string of the molecule is Cc1cc(C(Br)c2csc3ccccc23)sc1Br. The fourth-order valence-electron chi connectivity index (χ4n) is 1.96. The van der Waals surface area contributed by atoms with Crippen LogP contribution in [0.3, 0.4) is 0 Å². The van der Waals surface area contributed by atoms with Crippen LogP contribution in [0.5, 0.6) is 0 Å². The van der Waals surface area contributed by atoms with Crippen LogP contribution in [0.15, 0.2) is 39.5 Å². The predicted octanol–water partition coefficient (Wildman–Crippen LogP) is 6.52. The van der Waals surface area contributed by atoms with E-state index in [0.717, 1.165) is 0 Å². The molecule has 2 heterocycles. The Bertz CT molecular complexity index is 677. The van der Waals surface area contributed by atoms with Crippen molar-refractivity contribution >= 4 is 64.6 Å². The number of aryl methyl sites for hydroxylation is 1. The molecule has 0 saturated carbocycles. The highest BCUT2D eigenvalue weighted by molar-refractivity contribution is 9.11. The molecule has 1 atom stereocenters. The third-order valence-corrected chi connectivity index (χ3v) is 7.38. The maximum absolute atomic E-state index is 3.84. The van der Waals surface area contributed by atoms with Gasteiger partial charge in [-0.25, -0.2) is 0 Å². The Morgan fingerprint density at radius 3 is 2.72 bits per heavy atom. The number of alkyl halides is 1. The minimum atomic E-state index is 0.281. The average Bonchev–Trinajstić information content (AvgIpc) is 2.93. The number of hydrogen-bond acceptors (Lipinski definition) is 2. The Labute approximate surface area is 131 Å². The van der Waals surface area contributed by atoms with E-state index >= 15 is 0 Å². The van der Waals surface area contributed by atoms with E-state index < -0.39 is 0 Å². The topological polar surface area (TPSA) is 0 Å². The second kappa shape index (κ2) is 5.08. The maximum Gasteiger partial charge on any atom is 0.0752 e. The summed E-state index contributed by atoms with van der Waals surface area (Å²) < 4.78 is 2.57. The van der Waals surface area contributed by atoms with Crippen LogP contribution in [0.25, 0.3) is 10.1 Å². The number of benzene rings is 1. The first-order valence-electron chi connectivity index (χ1n) is 5.53. The van der Waals surface area contributed by atoms with Gasteiger partial charge in [0.2, 0.25) is 0 Å². The van der Waals surface area contributed by atoms with Crippen molar-refractivity contribution in [1.29, 1.82) is 0 Å². The second-order valence-corrected chi connectivity index (χ2v) is 8.38. The van der Waals surface area contributed by atoms with Gasteiger partial charge >= 0.3 is 0 Å². The number of thiophene rings is 2. The molecule has 0 nitrogen and oxygen atoms in total. The maximum atomic E-state index is 3.84. The van der Waals surface area contributed by atoms with Gasteiger partial charge in [-0.2, -0.15) is 0 Å². The average molecular weight is 402 g/mol. The molecule has 0 spiro atoms. The van der Waals surface area contributed by atoms with Crippen LogP contribution in [0.1, 0.15) is 20.8 Å². The Kier molecular flexibility index (Phi) is 3.63. The zero-order chi connectivity index (χ0) is 12.7.